The SMILES string of the molecule is CN(CCc1ccccc1)C(=S)NOC(F)(F)F. The van der Waals surface area contributed by atoms with Crippen LogP contribution in [-0.2, 0) is 11.3 Å². The minimum Gasteiger partial charge on any atom is -0.350 e. The fraction of sp³-hybridized carbons (Fsp3) is 0.364. The molecule has 1 aromatic rings. The maximum absolute atomic E-state index is 11.8. The highest BCUT2D eigenvalue weighted by Crippen LogP contribution is 2.14. The third kappa shape index (κ3) is 5.83. The lowest BCUT2D eigenvalue weighted by Crippen LogP contribution is -2.40. The summed E-state index contributed by atoms with van der Waals surface area (Å²) in [7, 11) is 1.60. The molecule has 0 spiro atoms. The van der Waals surface area contributed by atoms with Gasteiger partial charge in [-0.2, -0.15) is 4.84 Å². The number of hydroxylamine groups is 1. The maximum Gasteiger partial charge on any atom is 0.543 e. The smallest absolute Gasteiger partial charge is 0.350 e. The molecule has 0 radical (unpaired) electrons. The first-order valence-corrected chi connectivity index (χ1v) is 5.59. The zero-order chi connectivity index (χ0) is 13.6. The largest absolute Gasteiger partial charge is 0.543 e. The topological polar surface area (TPSA) is 24.5 Å². The Bertz CT molecular complexity index is 384. The van der Waals surface area contributed by atoms with Crippen molar-refractivity contribution < 1.29 is 18.0 Å². The van der Waals surface area contributed by atoms with E-state index in [4.69, 9.17) is 12.2 Å². The number of thiocarbonyl (C=S) groups is 1. The highest BCUT2D eigenvalue weighted by Gasteiger charge is 2.30. The summed E-state index contributed by atoms with van der Waals surface area (Å²) in [6.45, 7) is 0.497. The van der Waals surface area contributed by atoms with E-state index < -0.39 is 6.36 Å². The first kappa shape index (κ1) is 14.7. The molecule has 0 fully saturated rings. The Kier molecular flexibility index (Phi) is 5.36. The van der Waals surface area contributed by atoms with Gasteiger partial charge in [-0.25, -0.2) is 5.48 Å². The normalized spacial score (nSPS) is 11.1. The molecule has 3 nitrogen and oxygen atoms in total. The molecule has 0 atom stereocenters. The fourth-order valence-corrected chi connectivity index (χ4v) is 1.36. The molecule has 0 aromatic heterocycles. The van der Waals surface area contributed by atoms with Gasteiger partial charge in [0.05, 0.1) is 0 Å². The zero-order valence-electron chi connectivity index (χ0n) is 9.70. The molecular weight excluding hydrogens is 265 g/mol. The first-order chi connectivity index (χ1) is 8.38. The summed E-state index contributed by atoms with van der Waals surface area (Å²) in [5.74, 6) is 0. The van der Waals surface area contributed by atoms with E-state index in [0.29, 0.717) is 13.0 Å². The molecule has 0 aliphatic carbocycles. The van der Waals surface area contributed by atoms with Crippen LogP contribution in [-0.4, -0.2) is 30.0 Å². The van der Waals surface area contributed by atoms with E-state index in [2.05, 4.69) is 4.84 Å². The number of nitrogens with one attached hydrogen (secondary N) is 1. The van der Waals surface area contributed by atoms with Crippen LogP contribution in [0, 0.1) is 0 Å². The average Bonchev–Trinajstić information content (AvgIpc) is 2.33. The van der Waals surface area contributed by atoms with Crippen molar-refractivity contribution in [3.05, 3.63) is 35.9 Å². The first-order valence-electron chi connectivity index (χ1n) is 5.18. The van der Waals surface area contributed by atoms with Crippen LogP contribution in [0.3, 0.4) is 0 Å². The summed E-state index contributed by atoms with van der Waals surface area (Å²) in [5.41, 5.74) is 2.78. The summed E-state index contributed by atoms with van der Waals surface area (Å²) in [6, 6.07) is 9.58. The second-order valence-corrected chi connectivity index (χ2v) is 4.00. The molecule has 0 saturated heterocycles. The molecule has 0 bridgehead atoms. The van der Waals surface area contributed by atoms with Gasteiger partial charge in [0, 0.05) is 13.6 Å². The number of alkyl halides is 3. The van der Waals surface area contributed by atoms with Gasteiger partial charge in [0.15, 0.2) is 5.11 Å². The lowest BCUT2D eigenvalue weighted by Gasteiger charge is -2.20. The number of rotatable bonds is 4. The number of halogens is 3. The van der Waals surface area contributed by atoms with Crippen LogP contribution in [0.5, 0.6) is 0 Å². The second-order valence-electron chi connectivity index (χ2n) is 3.61. The fourth-order valence-electron chi connectivity index (χ4n) is 1.22. The summed E-state index contributed by atoms with van der Waals surface area (Å²) in [5, 5.41) is -0.108. The Morgan fingerprint density at radius 3 is 2.50 bits per heavy atom. The predicted octanol–water partition coefficient (Wildman–Crippen LogP) is 2.49. The maximum atomic E-state index is 11.8. The molecule has 7 heteroatoms. The van der Waals surface area contributed by atoms with Gasteiger partial charge in [-0.15, -0.1) is 13.2 Å². The minimum atomic E-state index is -4.75. The Hall–Kier alpha value is -1.34. The average molecular weight is 278 g/mol. The molecule has 0 heterocycles. The zero-order valence-corrected chi connectivity index (χ0v) is 10.5. The van der Waals surface area contributed by atoms with Crippen LogP contribution < -0.4 is 5.48 Å². The van der Waals surface area contributed by atoms with Gasteiger partial charge >= 0.3 is 6.36 Å². The molecule has 0 saturated carbocycles. The van der Waals surface area contributed by atoms with Crippen LogP contribution in [0.15, 0.2) is 30.3 Å². The Labute approximate surface area is 108 Å². The van der Waals surface area contributed by atoms with Gasteiger partial charge < -0.3 is 4.90 Å². The Morgan fingerprint density at radius 1 is 1.33 bits per heavy atom. The van der Waals surface area contributed by atoms with Crippen LogP contribution in [0.2, 0.25) is 0 Å². The molecule has 0 aliphatic rings. The van der Waals surface area contributed by atoms with Crippen molar-refractivity contribution in [2.45, 2.75) is 12.8 Å². The van der Waals surface area contributed by atoms with E-state index in [1.807, 2.05) is 30.3 Å². The second kappa shape index (κ2) is 6.55. The van der Waals surface area contributed by atoms with Gasteiger partial charge in [-0.3, -0.25) is 0 Å². The standard InChI is InChI=1S/C11H13F3N2OS/c1-16(10(18)15-17-11(12,13)14)8-7-9-5-3-2-4-6-9/h2-6H,7-8H2,1H3,(H,15,18). The van der Waals surface area contributed by atoms with E-state index in [9.17, 15) is 13.2 Å². The number of nitrogens with zero attached hydrogens (tertiary/aromatic N) is 1. The van der Waals surface area contributed by atoms with E-state index >= 15 is 0 Å². The van der Waals surface area contributed by atoms with Crippen molar-refractivity contribution in [1.29, 1.82) is 0 Å². The summed E-state index contributed by atoms with van der Waals surface area (Å²) in [6.07, 6.45) is -4.06. The predicted molar refractivity (Wildman–Crippen MR) is 65.6 cm³/mol. The molecule has 0 amide bonds. The number of hydrogen-bond donors (Lipinski definition) is 1. The van der Waals surface area contributed by atoms with Crippen molar-refractivity contribution in [2.24, 2.45) is 0 Å². The number of hydrogen-bond acceptors (Lipinski definition) is 2. The third-order valence-electron chi connectivity index (χ3n) is 2.18. The molecule has 1 rings (SSSR count). The number of likely N-dealkylation sites (N-methyl/N-ethyl adjacent to an activating group) is 1. The Balaban J connectivity index is 2.32. The summed E-state index contributed by atoms with van der Waals surface area (Å²) < 4.78 is 35.3. The quantitative estimate of drug-likeness (QED) is 0.675. The number of benzene rings is 1. The van der Waals surface area contributed by atoms with Gasteiger partial charge in [0.1, 0.15) is 0 Å². The molecule has 0 aliphatic heterocycles. The van der Waals surface area contributed by atoms with Crippen LogP contribution >= 0.6 is 12.2 Å². The van der Waals surface area contributed by atoms with Gasteiger partial charge in [0.2, 0.25) is 0 Å². The van der Waals surface area contributed by atoms with Crippen molar-refractivity contribution in [1.82, 2.24) is 10.4 Å². The van der Waals surface area contributed by atoms with Crippen molar-refractivity contribution in [2.75, 3.05) is 13.6 Å². The van der Waals surface area contributed by atoms with Gasteiger partial charge in [-0.05, 0) is 24.2 Å². The molecule has 18 heavy (non-hydrogen) atoms. The van der Waals surface area contributed by atoms with E-state index in [1.54, 1.807) is 12.5 Å². The molecule has 100 valence electrons. The van der Waals surface area contributed by atoms with Crippen LogP contribution in [0.1, 0.15) is 5.56 Å². The molecular formula is C11H13F3N2OS. The van der Waals surface area contributed by atoms with Crippen LogP contribution in [0.4, 0.5) is 13.2 Å². The van der Waals surface area contributed by atoms with Crippen LogP contribution in [0.25, 0.3) is 0 Å². The monoisotopic (exact) mass is 278 g/mol. The van der Waals surface area contributed by atoms with Crippen molar-refractivity contribution >= 4 is 17.3 Å². The lowest BCUT2D eigenvalue weighted by molar-refractivity contribution is -0.341. The Morgan fingerprint density at radius 2 is 1.94 bits per heavy atom. The molecule has 0 unspecified atom stereocenters. The summed E-state index contributed by atoms with van der Waals surface area (Å²) >= 11 is 4.75. The minimum absolute atomic E-state index is 0.108. The van der Waals surface area contributed by atoms with E-state index in [0.717, 1.165) is 5.56 Å². The van der Waals surface area contributed by atoms with Crippen molar-refractivity contribution in [3.8, 4) is 0 Å². The highest BCUT2D eigenvalue weighted by atomic mass is 32.1. The molecule has 1 aromatic carbocycles. The van der Waals surface area contributed by atoms with E-state index in [1.165, 1.54) is 4.90 Å². The highest BCUT2D eigenvalue weighted by molar-refractivity contribution is 7.80. The summed E-state index contributed by atoms with van der Waals surface area (Å²) in [4.78, 5) is 4.91. The van der Waals surface area contributed by atoms with Crippen molar-refractivity contribution in [3.63, 3.8) is 0 Å². The third-order valence-corrected chi connectivity index (χ3v) is 2.57. The van der Waals surface area contributed by atoms with Gasteiger partial charge in [0.25, 0.3) is 0 Å². The molecule has 1 N–H and O–H groups in total. The van der Waals surface area contributed by atoms with E-state index in [-0.39, 0.29) is 5.11 Å². The van der Waals surface area contributed by atoms with Gasteiger partial charge in [-0.1, -0.05) is 30.3 Å². The lowest BCUT2D eigenvalue weighted by atomic mass is 10.1.